The van der Waals surface area contributed by atoms with Crippen molar-refractivity contribution in [3.63, 3.8) is 0 Å². The maximum Gasteiger partial charge on any atom is 0.0782 e. The topological polar surface area (TPSA) is 63.2 Å². The Kier molecular flexibility index (Phi) is 52.7. The summed E-state index contributed by atoms with van der Waals surface area (Å²) >= 11 is 0. The number of hydrogen-bond donors (Lipinski definition) is 0. The van der Waals surface area contributed by atoms with Gasteiger partial charge in [0.15, 0.2) is 0 Å². The zero-order chi connectivity index (χ0) is 44.6. The van der Waals surface area contributed by atoms with Gasteiger partial charge in [0, 0.05) is 0 Å². The van der Waals surface area contributed by atoms with Crippen LogP contribution in [0.5, 0.6) is 0 Å². The van der Waals surface area contributed by atoms with E-state index >= 15 is 0 Å². The summed E-state index contributed by atoms with van der Waals surface area (Å²) in [6.07, 6.45) is 58.0. The van der Waals surface area contributed by atoms with Gasteiger partial charge in [0.25, 0.3) is 0 Å². The molecule has 0 bridgehead atoms. The van der Waals surface area contributed by atoms with Crippen molar-refractivity contribution in [1.82, 2.24) is 0 Å². The van der Waals surface area contributed by atoms with Crippen LogP contribution >= 0.6 is 7.60 Å². The van der Waals surface area contributed by atoms with Crippen LogP contribution in [0.4, 0.5) is 0 Å². The minimum atomic E-state index is -4.14. The first-order valence-electron chi connectivity index (χ1n) is 26.9. The van der Waals surface area contributed by atoms with E-state index in [4.69, 9.17) is 14.4 Å². The van der Waals surface area contributed by atoms with Crippen molar-refractivity contribution < 1.29 is 23.3 Å². The second-order valence-electron chi connectivity index (χ2n) is 20.3. The van der Waals surface area contributed by atoms with Gasteiger partial charge in [0.1, 0.15) is 0 Å². The van der Waals surface area contributed by atoms with Crippen LogP contribution in [0.25, 0.3) is 0 Å². The van der Waals surface area contributed by atoms with Gasteiger partial charge in [-0.1, -0.05) is 241 Å². The molecule has 0 radical (unpaired) electrons. The third-order valence-electron chi connectivity index (χ3n) is 12.5. The molecule has 0 unspecified atom stereocenters. The SMILES string of the molecule is CCCCCCCCCCCC[N+](C)(C)CCCCCCCCCCCC.CCCCCCCCCCCC[N+](C)(C)CCCCCCCCCCCC.CP(=O)([O-])[O-]. The summed E-state index contributed by atoms with van der Waals surface area (Å²) in [4.78, 5) is 18.2. The van der Waals surface area contributed by atoms with Gasteiger partial charge in [-0.05, 0) is 58.0 Å². The highest BCUT2D eigenvalue weighted by Gasteiger charge is 2.14. The van der Waals surface area contributed by atoms with E-state index in [-0.39, 0.29) is 0 Å². The smallest absolute Gasteiger partial charge is 0.0782 e. The monoisotopic (exact) mass is 859 g/mol. The van der Waals surface area contributed by atoms with Gasteiger partial charge in [-0.2, -0.15) is 0 Å². The third-order valence-corrected chi connectivity index (χ3v) is 12.5. The van der Waals surface area contributed by atoms with Crippen molar-refractivity contribution >= 4 is 7.60 Å². The summed E-state index contributed by atoms with van der Waals surface area (Å²) in [7, 11) is 5.64. The minimum Gasteiger partial charge on any atom is -0.811 e. The third kappa shape index (κ3) is 67.3. The summed E-state index contributed by atoms with van der Waals surface area (Å²) < 4.78 is 11.6. The number of quaternary nitrogens is 2. The Morgan fingerprint density at radius 1 is 0.271 bits per heavy atom. The lowest BCUT2D eigenvalue weighted by atomic mass is 10.1. The fourth-order valence-corrected chi connectivity index (χ4v) is 8.33. The molecule has 0 N–H and O–H groups in total. The molecule has 0 saturated carbocycles. The molecule has 0 aliphatic carbocycles. The molecule has 6 heteroatoms. The summed E-state index contributed by atoms with van der Waals surface area (Å²) in [5, 5.41) is 0. The molecule has 59 heavy (non-hydrogen) atoms. The highest BCUT2D eigenvalue weighted by atomic mass is 31.2. The van der Waals surface area contributed by atoms with Crippen molar-refractivity contribution in [3.8, 4) is 0 Å². The number of unbranched alkanes of at least 4 members (excludes halogenated alkanes) is 36. The van der Waals surface area contributed by atoms with Crippen molar-refractivity contribution in [1.29, 1.82) is 0 Å². The predicted octanol–water partition coefficient (Wildman–Crippen LogP) is 16.3. The molecule has 0 amide bonds. The number of nitrogens with zero attached hydrogens (tertiary/aromatic N) is 2. The number of rotatable bonds is 44. The van der Waals surface area contributed by atoms with Crippen molar-refractivity contribution in [2.24, 2.45) is 0 Å². The van der Waals surface area contributed by atoms with E-state index in [1.807, 2.05) is 0 Å². The fourth-order valence-electron chi connectivity index (χ4n) is 8.33. The first kappa shape index (κ1) is 63.4. The Bertz CT molecular complexity index is 698. The summed E-state index contributed by atoms with van der Waals surface area (Å²) in [6, 6.07) is 0. The fraction of sp³-hybridized carbons (Fsp3) is 1.00. The van der Waals surface area contributed by atoms with E-state index in [1.54, 1.807) is 0 Å². The lowest BCUT2D eigenvalue weighted by Crippen LogP contribution is -2.41. The van der Waals surface area contributed by atoms with Crippen LogP contribution in [0.2, 0.25) is 0 Å². The maximum atomic E-state index is 9.10. The Morgan fingerprint density at radius 3 is 0.492 bits per heavy atom. The van der Waals surface area contributed by atoms with Crippen molar-refractivity contribution in [2.45, 2.75) is 285 Å². The second-order valence-corrected chi connectivity index (χ2v) is 21.8. The zero-order valence-corrected chi connectivity index (χ0v) is 43.6. The molecule has 0 fully saturated rings. The molecule has 0 heterocycles. The van der Waals surface area contributed by atoms with E-state index in [0.717, 1.165) is 0 Å². The maximum absolute atomic E-state index is 9.10. The molecule has 0 spiro atoms. The Balaban J connectivity index is -0.000000951. The highest BCUT2D eigenvalue weighted by molar-refractivity contribution is 7.47. The molecule has 0 aromatic rings. The summed E-state index contributed by atoms with van der Waals surface area (Å²) in [5.74, 6) is 0. The first-order valence-corrected chi connectivity index (χ1v) is 28.9. The average molecular weight is 859 g/mol. The van der Waals surface area contributed by atoms with E-state index in [9.17, 15) is 0 Å². The lowest BCUT2D eigenvalue weighted by molar-refractivity contribution is -0.890. The predicted molar refractivity (Wildman–Crippen MR) is 265 cm³/mol. The summed E-state index contributed by atoms with van der Waals surface area (Å²) in [6.45, 7) is 15.4. The van der Waals surface area contributed by atoms with E-state index in [0.29, 0.717) is 6.66 Å². The Hall–Kier alpha value is 0.0700. The van der Waals surface area contributed by atoms with Gasteiger partial charge in [-0.3, -0.25) is 0 Å². The highest BCUT2D eigenvalue weighted by Crippen LogP contribution is 2.17. The molecule has 0 aromatic carbocycles. The number of hydrogen-bond acceptors (Lipinski definition) is 3. The van der Waals surface area contributed by atoms with Crippen LogP contribution < -0.4 is 9.79 Å². The standard InChI is InChI=1S/2C26H56N.CH5O3P/c2*1-5-7-9-11-13-15-17-19-21-23-25-27(3,4)26-24-22-20-18-16-14-12-10-8-6-2;1-5(2,3)4/h2*5-26H2,1-4H3;1H3,(H2,2,3,4)/q2*+1;/p-2. The van der Waals surface area contributed by atoms with Gasteiger partial charge in [-0.15, -0.1) is 0 Å². The van der Waals surface area contributed by atoms with Gasteiger partial charge in [0.2, 0.25) is 0 Å². The van der Waals surface area contributed by atoms with Crippen molar-refractivity contribution in [3.05, 3.63) is 0 Å². The normalized spacial score (nSPS) is 12.0. The minimum absolute atomic E-state index is 0.632. The van der Waals surface area contributed by atoms with E-state index < -0.39 is 7.60 Å². The van der Waals surface area contributed by atoms with Crippen LogP contribution in [0, 0.1) is 0 Å². The molecule has 0 saturated heterocycles. The molecular weight excluding hydrogens is 744 g/mol. The van der Waals surface area contributed by atoms with Gasteiger partial charge >= 0.3 is 0 Å². The van der Waals surface area contributed by atoms with E-state index in [2.05, 4.69) is 55.9 Å². The molecule has 360 valence electrons. The van der Waals surface area contributed by atoms with Crippen molar-refractivity contribution in [2.75, 3.05) is 61.0 Å². The molecule has 0 aliphatic heterocycles. The molecule has 0 aromatic heterocycles. The second kappa shape index (κ2) is 49.1. The largest absolute Gasteiger partial charge is 0.811 e. The molecule has 0 atom stereocenters. The van der Waals surface area contributed by atoms with Crippen LogP contribution in [-0.4, -0.2) is 70.0 Å². The van der Waals surface area contributed by atoms with Crippen LogP contribution in [0.15, 0.2) is 0 Å². The van der Waals surface area contributed by atoms with Gasteiger partial charge in [0.05, 0.1) is 54.4 Å². The molecule has 0 aliphatic rings. The molecule has 5 nitrogen and oxygen atoms in total. The molecular formula is C53H115N2O3P. The molecule has 0 rings (SSSR count). The average Bonchev–Trinajstić information content (AvgIpc) is 3.17. The van der Waals surface area contributed by atoms with E-state index in [1.165, 1.54) is 292 Å². The quantitative estimate of drug-likeness (QED) is 0.0348. The van der Waals surface area contributed by atoms with Gasteiger partial charge < -0.3 is 23.3 Å². The van der Waals surface area contributed by atoms with Crippen LogP contribution in [0.3, 0.4) is 0 Å². The van der Waals surface area contributed by atoms with Crippen LogP contribution in [-0.2, 0) is 4.57 Å². The summed E-state index contributed by atoms with van der Waals surface area (Å²) in [5.41, 5.74) is 0. The lowest BCUT2D eigenvalue weighted by Gasteiger charge is -2.30. The first-order chi connectivity index (χ1) is 28.2. The van der Waals surface area contributed by atoms with Crippen LogP contribution in [0.1, 0.15) is 285 Å². The van der Waals surface area contributed by atoms with Gasteiger partial charge in [-0.25, -0.2) is 0 Å². The zero-order valence-electron chi connectivity index (χ0n) is 42.7. The Labute approximate surface area is 375 Å². The Morgan fingerprint density at radius 2 is 0.373 bits per heavy atom.